The summed E-state index contributed by atoms with van der Waals surface area (Å²) in [5.41, 5.74) is 0. The molecule has 0 N–H and O–H groups in total. The molecule has 0 unspecified atom stereocenters. The monoisotopic (exact) mass is 417 g/mol. The molecule has 0 saturated carbocycles. The van der Waals surface area contributed by atoms with Gasteiger partial charge in [0.25, 0.3) is 0 Å². The number of hydrogen-bond donors (Lipinski definition) is 0. The summed E-state index contributed by atoms with van der Waals surface area (Å²) >= 11 is 0. The van der Waals surface area contributed by atoms with Crippen molar-refractivity contribution in [3.8, 4) is 0 Å². The zero-order chi connectivity index (χ0) is 20.8. The molecule has 1 heterocycles. The molecule has 1 aliphatic heterocycles. The second-order valence-electron chi connectivity index (χ2n) is 8.65. The third kappa shape index (κ3) is 11.4. The molecule has 166 valence electrons. The lowest BCUT2D eigenvalue weighted by Crippen LogP contribution is -2.45. The van der Waals surface area contributed by atoms with Crippen LogP contribution in [0.2, 0.25) is 0 Å². The molecule has 0 bridgehead atoms. The molecule has 0 spiro atoms. The maximum Gasteiger partial charge on any atom is 0.313 e. The van der Waals surface area contributed by atoms with Crippen LogP contribution in [0.3, 0.4) is 0 Å². The van der Waals surface area contributed by atoms with Crippen LogP contribution in [0.15, 0.2) is 0 Å². The predicted octanol–water partition coefficient (Wildman–Crippen LogP) is 4.60. The van der Waals surface area contributed by atoms with E-state index < -0.39 is 9.84 Å². The summed E-state index contributed by atoms with van der Waals surface area (Å²) in [6.45, 7) is 3.04. The van der Waals surface area contributed by atoms with Crippen molar-refractivity contribution < 1.29 is 17.9 Å². The molecule has 1 rings (SSSR count). The van der Waals surface area contributed by atoms with Crippen LogP contribution in [0.5, 0.6) is 0 Å². The summed E-state index contributed by atoms with van der Waals surface area (Å²) in [7, 11) is 0.958. The predicted molar refractivity (Wildman–Crippen MR) is 116 cm³/mol. The van der Waals surface area contributed by atoms with Gasteiger partial charge >= 0.3 is 5.97 Å². The van der Waals surface area contributed by atoms with Crippen LogP contribution in [0.25, 0.3) is 0 Å². The highest BCUT2D eigenvalue weighted by Gasteiger charge is 2.40. The maximum atomic E-state index is 12.0. The Bertz CT molecular complexity index is 519. The summed E-state index contributed by atoms with van der Waals surface area (Å²) in [5, 5.41) is 0. The maximum absolute atomic E-state index is 12.0. The number of sulfone groups is 1. The fraction of sp³-hybridized carbons (Fsp3) is 0.955. The van der Waals surface area contributed by atoms with Gasteiger partial charge in [-0.25, -0.2) is 8.42 Å². The van der Waals surface area contributed by atoms with Gasteiger partial charge < -0.3 is 9.64 Å². The van der Waals surface area contributed by atoms with E-state index in [4.69, 9.17) is 4.74 Å². The minimum absolute atomic E-state index is 0.0218. The Hall–Kier alpha value is -0.620. The standard InChI is InChI=1S/C22H43NO4S/c1-4-5-6-7-8-9-10-11-15-20-21(27-22(20)24)16-12-13-18-28(25,26)19-14-17-23(2)3/h20-21H,4-19H2,1-3H3/t20-,21-/m0/s1. The molecule has 28 heavy (non-hydrogen) atoms. The quantitative estimate of drug-likeness (QED) is 0.241. The Morgan fingerprint density at radius 2 is 1.39 bits per heavy atom. The third-order valence-electron chi connectivity index (χ3n) is 5.64. The fourth-order valence-electron chi connectivity index (χ4n) is 3.83. The van der Waals surface area contributed by atoms with Crippen molar-refractivity contribution in [1.29, 1.82) is 0 Å². The van der Waals surface area contributed by atoms with Crippen LogP contribution in [-0.2, 0) is 19.4 Å². The minimum atomic E-state index is -2.95. The first-order valence-electron chi connectivity index (χ1n) is 11.4. The van der Waals surface area contributed by atoms with Crippen molar-refractivity contribution in [2.75, 3.05) is 32.1 Å². The first-order chi connectivity index (χ1) is 13.4. The van der Waals surface area contributed by atoms with E-state index in [1.165, 1.54) is 44.9 Å². The van der Waals surface area contributed by atoms with Crippen LogP contribution in [-0.4, -0.2) is 57.5 Å². The van der Waals surface area contributed by atoms with Gasteiger partial charge in [0.15, 0.2) is 0 Å². The van der Waals surface area contributed by atoms with E-state index >= 15 is 0 Å². The first kappa shape index (κ1) is 25.4. The Morgan fingerprint density at radius 3 is 2.00 bits per heavy atom. The summed E-state index contributed by atoms with van der Waals surface area (Å²) in [6.07, 6.45) is 14.1. The van der Waals surface area contributed by atoms with Gasteiger partial charge in [0, 0.05) is 0 Å². The second-order valence-corrected chi connectivity index (χ2v) is 11.0. The summed E-state index contributed by atoms with van der Waals surface area (Å²) in [6, 6.07) is 0. The van der Waals surface area contributed by atoms with Crippen LogP contribution < -0.4 is 0 Å². The van der Waals surface area contributed by atoms with Crippen molar-refractivity contribution in [2.24, 2.45) is 5.92 Å². The molecule has 0 aliphatic carbocycles. The third-order valence-corrected chi connectivity index (χ3v) is 7.46. The average molecular weight is 418 g/mol. The molecule has 1 fully saturated rings. The summed E-state index contributed by atoms with van der Waals surface area (Å²) < 4.78 is 29.4. The minimum Gasteiger partial charge on any atom is -0.461 e. The number of esters is 1. The van der Waals surface area contributed by atoms with Gasteiger partial charge in [-0.1, -0.05) is 58.3 Å². The van der Waals surface area contributed by atoms with E-state index in [1.807, 2.05) is 19.0 Å². The fourth-order valence-corrected chi connectivity index (χ4v) is 5.25. The molecule has 0 amide bonds. The van der Waals surface area contributed by atoms with Crippen LogP contribution in [0.4, 0.5) is 0 Å². The number of cyclic esters (lactones) is 1. The van der Waals surface area contributed by atoms with Crippen LogP contribution >= 0.6 is 0 Å². The Morgan fingerprint density at radius 1 is 0.821 bits per heavy atom. The van der Waals surface area contributed by atoms with Gasteiger partial charge in [0.2, 0.25) is 0 Å². The molecule has 0 aromatic carbocycles. The lowest BCUT2D eigenvalue weighted by Gasteiger charge is -2.35. The molecule has 0 aromatic rings. The number of carbonyl (C=O) groups is 1. The lowest BCUT2D eigenvalue weighted by molar-refractivity contribution is -0.186. The van der Waals surface area contributed by atoms with Crippen LogP contribution in [0, 0.1) is 5.92 Å². The van der Waals surface area contributed by atoms with E-state index in [9.17, 15) is 13.2 Å². The number of rotatable bonds is 18. The normalized spacial score (nSPS) is 19.6. The van der Waals surface area contributed by atoms with Crippen molar-refractivity contribution in [1.82, 2.24) is 4.90 Å². The topological polar surface area (TPSA) is 63.7 Å². The SMILES string of the molecule is CCCCCCCCCC[C@@H]1C(=O)O[C@H]1CCCCS(=O)(=O)CCCN(C)C. The largest absolute Gasteiger partial charge is 0.461 e. The summed E-state index contributed by atoms with van der Waals surface area (Å²) in [4.78, 5) is 13.7. The van der Waals surface area contributed by atoms with Gasteiger partial charge in [0.1, 0.15) is 15.9 Å². The van der Waals surface area contributed by atoms with E-state index in [0.29, 0.717) is 12.8 Å². The van der Waals surface area contributed by atoms with E-state index in [1.54, 1.807) is 0 Å². The number of carbonyl (C=O) groups excluding carboxylic acids is 1. The smallest absolute Gasteiger partial charge is 0.313 e. The molecule has 1 aliphatic rings. The van der Waals surface area contributed by atoms with Crippen molar-refractivity contribution in [3.05, 3.63) is 0 Å². The van der Waals surface area contributed by atoms with Gasteiger partial charge in [-0.2, -0.15) is 0 Å². The molecule has 1 saturated heterocycles. The molecule has 2 atom stereocenters. The number of unbranched alkanes of at least 4 members (excludes halogenated alkanes) is 8. The van der Waals surface area contributed by atoms with Crippen molar-refractivity contribution in [2.45, 2.75) is 96.5 Å². The number of hydrogen-bond acceptors (Lipinski definition) is 5. The first-order valence-corrected chi connectivity index (χ1v) is 13.2. The zero-order valence-electron chi connectivity index (χ0n) is 18.5. The van der Waals surface area contributed by atoms with Gasteiger partial charge in [-0.15, -0.1) is 0 Å². The highest BCUT2D eigenvalue weighted by Crippen LogP contribution is 2.31. The van der Waals surface area contributed by atoms with Crippen molar-refractivity contribution in [3.63, 3.8) is 0 Å². The zero-order valence-corrected chi connectivity index (χ0v) is 19.3. The molecule has 0 radical (unpaired) electrons. The highest BCUT2D eigenvalue weighted by atomic mass is 32.2. The van der Waals surface area contributed by atoms with Gasteiger partial charge in [-0.3, -0.25) is 4.79 Å². The summed E-state index contributed by atoms with van der Waals surface area (Å²) in [5.74, 6) is 0.523. The highest BCUT2D eigenvalue weighted by molar-refractivity contribution is 7.91. The molecule has 5 nitrogen and oxygen atoms in total. The average Bonchev–Trinajstić information content (AvgIpc) is 2.62. The van der Waals surface area contributed by atoms with Crippen molar-refractivity contribution >= 4 is 15.8 Å². The Kier molecular flexibility index (Phi) is 13.0. The second kappa shape index (κ2) is 14.4. The number of ether oxygens (including phenoxy) is 1. The number of nitrogens with zero attached hydrogens (tertiary/aromatic N) is 1. The van der Waals surface area contributed by atoms with E-state index in [0.717, 1.165) is 32.2 Å². The molecular formula is C22H43NO4S. The molecule has 0 aromatic heterocycles. The van der Waals surface area contributed by atoms with E-state index in [2.05, 4.69) is 6.92 Å². The molecule has 6 heteroatoms. The molecular weight excluding hydrogens is 374 g/mol. The van der Waals surface area contributed by atoms with Crippen LogP contribution in [0.1, 0.15) is 90.4 Å². The Balaban J connectivity index is 2.07. The van der Waals surface area contributed by atoms with E-state index in [-0.39, 0.29) is 29.5 Å². The lowest BCUT2D eigenvalue weighted by atomic mass is 9.88. The Labute approximate surface area is 173 Å². The van der Waals surface area contributed by atoms with Gasteiger partial charge in [0.05, 0.1) is 17.4 Å². The van der Waals surface area contributed by atoms with Gasteiger partial charge in [-0.05, 0) is 52.7 Å².